The summed E-state index contributed by atoms with van der Waals surface area (Å²) >= 11 is 0. The second kappa shape index (κ2) is 4.08. The van der Waals surface area contributed by atoms with Gasteiger partial charge >= 0.3 is 0 Å². The fourth-order valence-corrected chi connectivity index (χ4v) is 2.10. The minimum atomic E-state index is -0.246. The van der Waals surface area contributed by atoms with E-state index in [4.69, 9.17) is 5.26 Å². The predicted octanol–water partition coefficient (Wildman–Crippen LogP) is 0.972. The number of nitriles is 1. The Balaban J connectivity index is 2.59. The third kappa shape index (κ3) is 2.20. The first-order chi connectivity index (χ1) is 6.13. The number of nitrogens with zero attached hydrogens (tertiary/aromatic N) is 2. The van der Waals surface area contributed by atoms with E-state index in [0.717, 1.165) is 25.8 Å². The Bertz CT molecular complexity index is 207. The first-order valence-corrected chi connectivity index (χ1v) is 4.96. The first kappa shape index (κ1) is 10.5. The largest absolute Gasteiger partial charge is 0.306 e. The molecule has 1 rings (SSSR count). The molecule has 1 aliphatic rings. The van der Waals surface area contributed by atoms with Gasteiger partial charge in [-0.1, -0.05) is 6.92 Å². The maximum absolute atomic E-state index is 9.12. The van der Waals surface area contributed by atoms with Gasteiger partial charge in [-0.3, -0.25) is 5.32 Å². The zero-order chi connectivity index (χ0) is 9.90. The summed E-state index contributed by atoms with van der Waals surface area (Å²) in [6, 6.07) is 2.99. The lowest BCUT2D eigenvalue weighted by molar-refractivity contribution is 0.284. The van der Waals surface area contributed by atoms with E-state index in [9.17, 15) is 0 Å². The van der Waals surface area contributed by atoms with Crippen molar-refractivity contribution in [1.29, 1.82) is 5.26 Å². The van der Waals surface area contributed by atoms with Crippen LogP contribution in [-0.4, -0.2) is 37.1 Å². The second-order valence-corrected chi connectivity index (χ2v) is 4.08. The van der Waals surface area contributed by atoms with Gasteiger partial charge in [0.25, 0.3) is 0 Å². The summed E-state index contributed by atoms with van der Waals surface area (Å²) in [7, 11) is 4.17. The molecule has 2 unspecified atom stereocenters. The maximum atomic E-state index is 9.12. The smallest absolute Gasteiger partial charge is 0.108 e. The monoisotopic (exact) mass is 181 g/mol. The minimum absolute atomic E-state index is 0.246. The third-order valence-corrected chi connectivity index (χ3v) is 2.95. The van der Waals surface area contributed by atoms with E-state index >= 15 is 0 Å². The highest BCUT2D eigenvalue weighted by Gasteiger charge is 2.39. The van der Waals surface area contributed by atoms with E-state index in [-0.39, 0.29) is 5.54 Å². The Morgan fingerprint density at radius 2 is 2.31 bits per heavy atom. The zero-order valence-corrected chi connectivity index (χ0v) is 8.80. The second-order valence-electron chi connectivity index (χ2n) is 4.08. The van der Waals surface area contributed by atoms with Gasteiger partial charge in [0, 0.05) is 6.04 Å². The molecule has 13 heavy (non-hydrogen) atoms. The van der Waals surface area contributed by atoms with Gasteiger partial charge in [-0.25, -0.2) is 0 Å². The molecule has 0 aromatic carbocycles. The Morgan fingerprint density at radius 1 is 1.62 bits per heavy atom. The molecule has 0 amide bonds. The normalized spacial score (nSPS) is 33.6. The first-order valence-electron chi connectivity index (χ1n) is 4.96. The Morgan fingerprint density at radius 3 is 2.69 bits per heavy atom. The lowest BCUT2D eigenvalue weighted by Crippen LogP contribution is -2.42. The molecule has 2 atom stereocenters. The van der Waals surface area contributed by atoms with E-state index in [2.05, 4.69) is 37.3 Å². The highest BCUT2D eigenvalue weighted by atomic mass is 15.1. The van der Waals surface area contributed by atoms with Crippen molar-refractivity contribution in [2.24, 2.45) is 0 Å². The Kier molecular flexibility index (Phi) is 3.29. The molecule has 0 saturated heterocycles. The van der Waals surface area contributed by atoms with Crippen molar-refractivity contribution < 1.29 is 0 Å². The van der Waals surface area contributed by atoms with Crippen LogP contribution in [0.4, 0.5) is 0 Å². The van der Waals surface area contributed by atoms with Crippen LogP contribution >= 0.6 is 0 Å². The molecule has 0 radical (unpaired) electrons. The van der Waals surface area contributed by atoms with Gasteiger partial charge in [-0.2, -0.15) is 5.26 Å². The van der Waals surface area contributed by atoms with Gasteiger partial charge in [0.2, 0.25) is 0 Å². The van der Waals surface area contributed by atoms with Crippen LogP contribution in [0.3, 0.4) is 0 Å². The molecule has 3 heteroatoms. The van der Waals surface area contributed by atoms with Crippen molar-refractivity contribution in [3.63, 3.8) is 0 Å². The van der Waals surface area contributed by atoms with Crippen molar-refractivity contribution in [2.75, 3.05) is 20.6 Å². The lowest BCUT2D eigenvalue weighted by atomic mass is 9.99. The van der Waals surface area contributed by atoms with Crippen LogP contribution in [0.5, 0.6) is 0 Å². The van der Waals surface area contributed by atoms with Crippen LogP contribution in [0.2, 0.25) is 0 Å². The van der Waals surface area contributed by atoms with Crippen LogP contribution in [0, 0.1) is 11.3 Å². The van der Waals surface area contributed by atoms with Gasteiger partial charge in [0.1, 0.15) is 5.54 Å². The van der Waals surface area contributed by atoms with E-state index in [1.165, 1.54) is 0 Å². The fourth-order valence-electron chi connectivity index (χ4n) is 2.10. The Labute approximate surface area is 80.7 Å². The number of hydrogen-bond donors (Lipinski definition) is 1. The maximum Gasteiger partial charge on any atom is 0.108 e. The average molecular weight is 181 g/mol. The molecule has 3 nitrogen and oxygen atoms in total. The molecule has 1 fully saturated rings. The summed E-state index contributed by atoms with van der Waals surface area (Å²) < 4.78 is 0. The van der Waals surface area contributed by atoms with Crippen LogP contribution in [0.1, 0.15) is 26.2 Å². The number of rotatable bonds is 3. The predicted molar refractivity (Wildman–Crippen MR) is 53.3 cm³/mol. The SMILES string of the molecule is CCNC1(C#N)CCC(N(C)C)C1. The van der Waals surface area contributed by atoms with Crippen molar-refractivity contribution in [1.82, 2.24) is 10.2 Å². The summed E-state index contributed by atoms with van der Waals surface area (Å²) in [5.41, 5.74) is -0.246. The molecule has 1 aliphatic carbocycles. The molecule has 0 bridgehead atoms. The summed E-state index contributed by atoms with van der Waals surface area (Å²) in [5, 5.41) is 12.4. The van der Waals surface area contributed by atoms with Crippen molar-refractivity contribution >= 4 is 0 Å². The molecule has 1 saturated carbocycles. The summed E-state index contributed by atoms with van der Waals surface area (Å²) in [6.45, 7) is 2.94. The van der Waals surface area contributed by atoms with Gasteiger partial charge in [0.05, 0.1) is 6.07 Å². The molecule has 0 aliphatic heterocycles. The van der Waals surface area contributed by atoms with Gasteiger partial charge in [-0.05, 0) is 39.9 Å². The van der Waals surface area contributed by atoms with Crippen LogP contribution < -0.4 is 5.32 Å². The van der Waals surface area contributed by atoms with Crippen LogP contribution in [-0.2, 0) is 0 Å². The highest BCUT2D eigenvalue weighted by molar-refractivity contribution is 5.12. The van der Waals surface area contributed by atoms with Crippen LogP contribution in [0.15, 0.2) is 0 Å². The molecule has 0 aromatic rings. The standard InChI is InChI=1S/C10H19N3/c1-4-12-10(8-11)6-5-9(7-10)13(2)3/h9,12H,4-7H2,1-3H3. The fraction of sp³-hybridized carbons (Fsp3) is 0.900. The van der Waals surface area contributed by atoms with Gasteiger partial charge < -0.3 is 4.90 Å². The Hall–Kier alpha value is -0.590. The van der Waals surface area contributed by atoms with Crippen molar-refractivity contribution in [3.05, 3.63) is 0 Å². The minimum Gasteiger partial charge on any atom is -0.306 e. The molecule has 0 heterocycles. The molecule has 1 N–H and O–H groups in total. The quantitative estimate of drug-likeness (QED) is 0.705. The molecule has 0 spiro atoms. The van der Waals surface area contributed by atoms with Gasteiger partial charge in [0.15, 0.2) is 0 Å². The summed E-state index contributed by atoms with van der Waals surface area (Å²) in [5.74, 6) is 0. The lowest BCUT2D eigenvalue weighted by Gasteiger charge is -2.24. The number of hydrogen-bond acceptors (Lipinski definition) is 3. The number of nitrogens with one attached hydrogen (secondary N) is 1. The van der Waals surface area contributed by atoms with Crippen molar-refractivity contribution in [2.45, 2.75) is 37.8 Å². The molecule has 74 valence electrons. The highest BCUT2D eigenvalue weighted by Crippen LogP contribution is 2.31. The van der Waals surface area contributed by atoms with Crippen molar-refractivity contribution in [3.8, 4) is 6.07 Å². The topological polar surface area (TPSA) is 39.1 Å². The van der Waals surface area contributed by atoms with Crippen LogP contribution in [0.25, 0.3) is 0 Å². The third-order valence-electron chi connectivity index (χ3n) is 2.95. The zero-order valence-electron chi connectivity index (χ0n) is 8.80. The molecular weight excluding hydrogens is 162 g/mol. The van der Waals surface area contributed by atoms with E-state index < -0.39 is 0 Å². The molecule has 0 aromatic heterocycles. The van der Waals surface area contributed by atoms with Gasteiger partial charge in [-0.15, -0.1) is 0 Å². The molecular formula is C10H19N3. The average Bonchev–Trinajstić information content (AvgIpc) is 2.51. The van der Waals surface area contributed by atoms with E-state index in [1.54, 1.807) is 0 Å². The summed E-state index contributed by atoms with van der Waals surface area (Å²) in [6.07, 6.45) is 3.08. The summed E-state index contributed by atoms with van der Waals surface area (Å²) in [4.78, 5) is 2.22. The van der Waals surface area contributed by atoms with E-state index in [1.807, 2.05) is 0 Å². The van der Waals surface area contributed by atoms with E-state index in [0.29, 0.717) is 6.04 Å².